The second-order valence-corrected chi connectivity index (χ2v) is 13.4. The summed E-state index contributed by atoms with van der Waals surface area (Å²) in [7, 11) is 0. The van der Waals surface area contributed by atoms with Gasteiger partial charge in [0.1, 0.15) is 17.2 Å². The molecule has 0 bridgehead atoms. The molecule has 0 saturated heterocycles. The van der Waals surface area contributed by atoms with Crippen molar-refractivity contribution in [1.29, 1.82) is 0 Å². The zero-order valence-electron chi connectivity index (χ0n) is 31.9. The number of carbonyl (C=O) groups is 4. The molecule has 9 heteroatoms. The molecule has 0 unspecified atom stereocenters. The second-order valence-electron chi connectivity index (χ2n) is 13.4. The molecule has 0 amide bonds. The summed E-state index contributed by atoms with van der Waals surface area (Å²) in [5.74, 6) is -1.26. The Morgan fingerprint density at radius 3 is 1.26 bits per heavy atom. The minimum atomic E-state index is -1.05. The van der Waals surface area contributed by atoms with E-state index in [1.54, 1.807) is 24.3 Å². The van der Waals surface area contributed by atoms with Gasteiger partial charge in [-0.3, -0.25) is 0 Å². The summed E-state index contributed by atoms with van der Waals surface area (Å²) < 4.78 is 27.2. The second kappa shape index (κ2) is 25.3. The van der Waals surface area contributed by atoms with E-state index in [1.165, 1.54) is 120 Å². The fraction of sp³-hybridized carbons (Fsp3) is 0.500. The summed E-state index contributed by atoms with van der Waals surface area (Å²) in [5.41, 5.74) is 0.811. The Bertz CT molecular complexity index is 1500. The van der Waals surface area contributed by atoms with Crippen LogP contribution in [0.15, 0.2) is 72.8 Å². The first-order valence-corrected chi connectivity index (χ1v) is 19.6. The van der Waals surface area contributed by atoms with Gasteiger partial charge in [-0.2, -0.15) is 0 Å². The number of unbranched alkanes of at least 4 members (excludes halogenated alkanes) is 14. The van der Waals surface area contributed by atoms with Crippen molar-refractivity contribution in [3.8, 4) is 17.2 Å². The Morgan fingerprint density at radius 2 is 0.811 bits per heavy atom. The Hall–Kier alpha value is -4.66. The van der Waals surface area contributed by atoms with E-state index in [0.717, 1.165) is 38.5 Å². The van der Waals surface area contributed by atoms with Crippen molar-refractivity contribution in [3.63, 3.8) is 0 Å². The van der Waals surface area contributed by atoms with Crippen molar-refractivity contribution in [2.45, 2.75) is 130 Å². The van der Waals surface area contributed by atoms with E-state index in [4.69, 9.17) is 23.7 Å². The lowest BCUT2D eigenvalue weighted by Gasteiger charge is -2.13. The first kappa shape index (κ1) is 42.8. The van der Waals surface area contributed by atoms with Crippen LogP contribution in [0.4, 0.5) is 0 Å². The molecule has 53 heavy (non-hydrogen) atoms. The molecule has 288 valence electrons. The summed E-state index contributed by atoms with van der Waals surface area (Å²) >= 11 is 0. The molecule has 0 fully saturated rings. The lowest BCUT2D eigenvalue weighted by molar-refractivity contribution is -0.153. The molecule has 0 radical (unpaired) electrons. The van der Waals surface area contributed by atoms with E-state index in [9.17, 15) is 19.2 Å². The number of esters is 4. The van der Waals surface area contributed by atoms with Crippen LogP contribution in [0.1, 0.15) is 155 Å². The summed E-state index contributed by atoms with van der Waals surface area (Å²) in [4.78, 5) is 50.0. The predicted molar refractivity (Wildman–Crippen MR) is 206 cm³/mol. The lowest BCUT2D eigenvalue weighted by atomic mass is 10.1. The van der Waals surface area contributed by atoms with Gasteiger partial charge in [-0.15, -0.1) is 0 Å². The van der Waals surface area contributed by atoms with Crippen LogP contribution in [-0.2, 0) is 14.3 Å². The zero-order valence-corrected chi connectivity index (χ0v) is 31.9. The van der Waals surface area contributed by atoms with Gasteiger partial charge in [0.15, 0.2) is 6.10 Å². The van der Waals surface area contributed by atoms with Gasteiger partial charge in [0.2, 0.25) is 0 Å². The molecule has 0 aliphatic heterocycles. The van der Waals surface area contributed by atoms with Gasteiger partial charge >= 0.3 is 23.9 Å². The molecule has 3 rings (SSSR count). The third kappa shape index (κ3) is 17.1. The maximum Gasteiger partial charge on any atom is 0.347 e. The van der Waals surface area contributed by atoms with Crippen LogP contribution in [0.2, 0.25) is 0 Å². The van der Waals surface area contributed by atoms with Gasteiger partial charge < -0.3 is 23.7 Å². The van der Waals surface area contributed by atoms with Gasteiger partial charge in [0.05, 0.1) is 29.9 Å². The smallest absolute Gasteiger partial charge is 0.347 e. The van der Waals surface area contributed by atoms with Crippen molar-refractivity contribution in [2.24, 2.45) is 0 Å². The number of rotatable bonds is 26. The van der Waals surface area contributed by atoms with Crippen LogP contribution in [0.3, 0.4) is 0 Å². The maximum absolute atomic E-state index is 12.7. The van der Waals surface area contributed by atoms with Crippen LogP contribution in [0, 0.1) is 0 Å². The highest BCUT2D eigenvalue weighted by atomic mass is 16.6. The Balaban J connectivity index is 1.33. The molecule has 0 aliphatic carbocycles. The molecule has 1 atom stereocenters. The highest BCUT2D eigenvalue weighted by Gasteiger charge is 2.20. The molecular formula is C44H58O9. The van der Waals surface area contributed by atoms with E-state index >= 15 is 0 Å². The van der Waals surface area contributed by atoms with Gasteiger partial charge in [-0.25, -0.2) is 19.2 Å². The number of hydrogen-bond donors (Lipinski definition) is 0. The molecule has 0 spiro atoms. The summed E-state index contributed by atoms with van der Waals surface area (Å²) in [6.45, 7) is 6.75. The molecule has 0 aromatic heterocycles. The van der Waals surface area contributed by atoms with Gasteiger partial charge in [0, 0.05) is 0 Å². The van der Waals surface area contributed by atoms with Crippen molar-refractivity contribution in [3.05, 3.63) is 89.5 Å². The Kier molecular flexibility index (Phi) is 20.4. The predicted octanol–water partition coefficient (Wildman–Crippen LogP) is 10.9. The van der Waals surface area contributed by atoms with Crippen molar-refractivity contribution in [1.82, 2.24) is 0 Å². The maximum atomic E-state index is 12.7. The Morgan fingerprint density at radius 1 is 0.453 bits per heavy atom. The van der Waals surface area contributed by atoms with Crippen LogP contribution < -0.4 is 14.2 Å². The number of ether oxygens (including phenoxy) is 5. The summed E-state index contributed by atoms with van der Waals surface area (Å²) in [6.07, 6.45) is 18.4. The van der Waals surface area contributed by atoms with E-state index in [0.29, 0.717) is 24.5 Å². The molecule has 0 N–H and O–H groups in total. The first-order chi connectivity index (χ1) is 25.8. The fourth-order valence-corrected chi connectivity index (χ4v) is 5.57. The SMILES string of the molecule is CCCCCCCCCCCCCCOc1ccc(C(=O)Oc2ccc(C(=O)Oc3ccc(C(=O)O[C@@H](C)C(=O)OCCCCCC)cc3)cc2)cc1. The van der Waals surface area contributed by atoms with Gasteiger partial charge in [0.25, 0.3) is 0 Å². The number of carbonyl (C=O) groups excluding carboxylic acids is 4. The third-order valence-electron chi connectivity index (χ3n) is 8.82. The van der Waals surface area contributed by atoms with Crippen LogP contribution in [0.5, 0.6) is 17.2 Å². The molecule has 0 aliphatic rings. The molecule has 9 nitrogen and oxygen atoms in total. The van der Waals surface area contributed by atoms with Crippen LogP contribution in [0.25, 0.3) is 0 Å². The highest BCUT2D eigenvalue weighted by molar-refractivity contribution is 5.93. The van der Waals surface area contributed by atoms with Gasteiger partial charge in [-0.05, 0) is 92.6 Å². The fourth-order valence-electron chi connectivity index (χ4n) is 5.57. The van der Waals surface area contributed by atoms with Crippen molar-refractivity contribution < 1.29 is 42.9 Å². The largest absolute Gasteiger partial charge is 0.494 e. The quantitative estimate of drug-likeness (QED) is 0.0452. The average molecular weight is 731 g/mol. The van der Waals surface area contributed by atoms with Crippen molar-refractivity contribution >= 4 is 23.9 Å². The topological polar surface area (TPSA) is 114 Å². The van der Waals surface area contributed by atoms with Crippen LogP contribution >= 0.6 is 0 Å². The highest BCUT2D eigenvalue weighted by Crippen LogP contribution is 2.20. The van der Waals surface area contributed by atoms with E-state index in [-0.39, 0.29) is 22.6 Å². The minimum Gasteiger partial charge on any atom is -0.494 e. The minimum absolute atomic E-state index is 0.190. The number of benzene rings is 3. The third-order valence-corrected chi connectivity index (χ3v) is 8.82. The molecule has 0 heterocycles. The lowest BCUT2D eigenvalue weighted by Crippen LogP contribution is -2.26. The molecule has 3 aromatic carbocycles. The van der Waals surface area contributed by atoms with Crippen LogP contribution in [-0.4, -0.2) is 43.2 Å². The van der Waals surface area contributed by atoms with Gasteiger partial charge in [-0.1, -0.05) is 104 Å². The standard InChI is InChI=1S/C44H58O9/c1-4-6-8-10-11-12-13-14-15-16-17-19-32-49-38-26-20-36(21-27-38)43(47)52-40-30-24-37(25-31-40)44(48)53-39-28-22-35(23-29-39)42(46)51-34(3)41(45)50-33-18-9-7-5-2/h20-31,34H,4-19,32-33H2,1-3H3/t34-/m0/s1. The van der Waals surface area contributed by atoms with E-state index in [2.05, 4.69) is 13.8 Å². The van der Waals surface area contributed by atoms with E-state index in [1.807, 2.05) is 0 Å². The molecule has 3 aromatic rings. The average Bonchev–Trinajstić information content (AvgIpc) is 3.17. The molecule has 0 saturated carbocycles. The van der Waals surface area contributed by atoms with E-state index < -0.39 is 30.0 Å². The normalized spacial score (nSPS) is 11.4. The first-order valence-electron chi connectivity index (χ1n) is 19.6. The monoisotopic (exact) mass is 730 g/mol. The number of hydrogen-bond acceptors (Lipinski definition) is 9. The Labute approximate surface area is 315 Å². The summed E-state index contributed by atoms with van der Waals surface area (Å²) in [6, 6.07) is 18.7. The van der Waals surface area contributed by atoms with Crippen molar-refractivity contribution in [2.75, 3.05) is 13.2 Å². The zero-order chi connectivity index (χ0) is 38.1. The molecular weight excluding hydrogens is 672 g/mol. The summed E-state index contributed by atoms with van der Waals surface area (Å²) in [5, 5.41) is 0.